The lowest BCUT2D eigenvalue weighted by Gasteiger charge is -2.37. The number of carboxylic acid groups (broad SMARTS) is 1. The summed E-state index contributed by atoms with van der Waals surface area (Å²) in [6.07, 6.45) is 6.12. The van der Waals surface area contributed by atoms with E-state index >= 15 is 0 Å². The third-order valence-corrected chi connectivity index (χ3v) is 5.07. The molecule has 1 saturated heterocycles. The number of aliphatic carboxylic acids is 1. The Hall–Kier alpha value is -1.10. The lowest BCUT2D eigenvalue weighted by molar-refractivity contribution is -0.150. The van der Waals surface area contributed by atoms with Gasteiger partial charge in [-0.2, -0.15) is 0 Å². The van der Waals surface area contributed by atoms with E-state index in [9.17, 15) is 9.59 Å². The van der Waals surface area contributed by atoms with Crippen molar-refractivity contribution >= 4 is 11.9 Å². The maximum absolute atomic E-state index is 12.9. The molecule has 1 aliphatic carbocycles. The van der Waals surface area contributed by atoms with E-state index in [1.807, 2.05) is 11.8 Å². The zero-order chi connectivity index (χ0) is 15.3. The first-order valence-corrected chi connectivity index (χ1v) is 8.19. The Morgan fingerprint density at radius 2 is 1.86 bits per heavy atom. The van der Waals surface area contributed by atoms with Gasteiger partial charge in [0.05, 0.1) is 11.3 Å². The van der Waals surface area contributed by atoms with Crippen LogP contribution in [0.4, 0.5) is 0 Å². The molecule has 0 aromatic heterocycles. The number of carbonyl (C=O) groups is 2. The number of hydrogen-bond acceptors (Lipinski definition) is 3. The van der Waals surface area contributed by atoms with Gasteiger partial charge in [0.1, 0.15) is 0 Å². The fraction of sp³-hybridized carbons (Fsp3) is 0.875. The summed E-state index contributed by atoms with van der Waals surface area (Å²) in [4.78, 5) is 25.8. The van der Waals surface area contributed by atoms with Crippen molar-refractivity contribution in [2.75, 3.05) is 26.3 Å². The SMILES string of the molecule is CCOCCC1(C(=O)N2CCC(C(=O)O)CC2)CCCC1. The molecule has 0 radical (unpaired) electrons. The molecule has 1 heterocycles. The lowest BCUT2D eigenvalue weighted by atomic mass is 9.80. The molecule has 0 bridgehead atoms. The molecule has 5 nitrogen and oxygen atoms in total. The van der Waals surface area contributed by atoms with Gasteiger partial charge in [0, 0.05) is 26.3 Å². The van der Waals surface area contributed by atoms with E-state index in [0.29, 0.717) is 39.1 Å². The van der Waals surface area contributed by atoms with Gasteiger partial charge in [-0.3, -0.25) is 9.59 Å². The molecule has 1 aliphatic heterocycles. The Bertz CT molecular complexity index is 368. The van der Waals surface area contributed by atoms with Crippen LogP contribution < -0.4 is 0 Å². The van der Waals surface area contributed by atoms with Gasteiger partial charge < -0.3 is 14.7 Å². The van der Waals surface area contributed by atoms with Crippen LogP contribution in [0.2, 0.25) is 0 Å². The van der Waals surface area contributed by atoms with Crippen molar-refractivity contribution in [3.63, 3.8) is 0 Å². The molecule has 1 amide bonds. The number of hydrogen-bond donors (Lipinski definition) is 1. The van der Waals surface area contributed by atoms with Gasteiger partial charge in [-0.05, 0) is 39.0 Å². The van der Waals surface area contributed by atoms with Gasteiger partial charge in [0.15, 0.2) is 0 Å². The Labute approximate surface area is 126 Å². The summed E-state index contributed by atoms with van der Waals surface area (Å²) >= 11 is 0. The van der Waals surface area contributed by atoms with E-state index in [0.717, 1.165) is 32.1 Å². The van der Waals surface area contributed by atoms with E-state index in [4.69, 9.17) is 9.84 Å². The summed E-state index contributed by atoms with van der Waals surface area (Å²) in [7, 11) is 0. The second kappa shape index (κ2) is 7.25. The summed E-state index contributed by atoms with van der Waals surface area (Å²) in [5, 5.41) is 9.05. The van der Waals surface area contributed by atoms with Gasteiger partial charge in [-0.25, -0.2) is 0 Å². The molecule has 1 saturated carbocycles. The predicted molar refractivity (Wildman–Crippen MR) is 79.0 cm³/mol. The first-order chi connectivity index (χ1) is 10.1. The van der Waals surface area contributed by atoms with Crippen LogP contribution in [0.25, 0.3) is 0 Å². The molecule has 120 valence electrons. The Morgan fingerprint density at radius 1 is 1.24 bits per heavy atom. The summed E-state index contributed by atoms with van der Waals surface area (Å²) in [5.41, 5.74) is -0.245. The number of rotatable bonds is 6. The van der Waals surface area contributed by atoms with Crippen LogP contribution in [0.3, 0.4) is 0 Å². The van der Waals surface area contributed by atoms with Gasteiger partial charge in [0.2, 0.25) is 5.91 Å². The number of carboxylic acids is 1. The van der Waals surface area contributed by atoms with Crippen LogP contribution in [0.15, 0.2) is 0 Å². The van der Waals surface area contributed by atoms with Crippen LogP contribution in [-0.4, -0.2) is 48.2 Å². The van der Waals surface area contributed by atoms with Crippen LogP contribution in [0.5, 0.6) is 0 Å². The monoisotopic (exact) mass is 297 g/mol. The average Bonchev–Trinajstić information content (AvgIpc) is 2.97. The standard InChI is InChI=1S/C16H27NO4/c1-2-21-12-9-16(7-3-4-8-16)15(20)17-10-5-13(6-11-17)14(18)19/h13H,2-12H2,1H3,(H,18,19). The number of piperidine rings is 1. The highest BCUT2D eigenvalue weighted by molar-refractivity contribution is 5.83. The summed E-state index contributed by atoms with van der Waals surface area (Å²) in [5.74, 6) is -0.769. The fourth-order valence-corrected chi connectivity index (χ4v) is 3.70. The third-order valence-electron chi connectivity index (χ3n) is 5.07. The topological polar surface area (TPSA) is 66.8 Å². The fourth-order valence-electron chi connectivity index (χ4n) is 3.70. The van der Waals surface area contributed by atoms with Crippen molar-refractivity contribution in [2.24, 2.45) is 11.3 Å². The number of ether oxygens (including phenoxy) is 1. The lowest BCUT2D eigenvalue weighted by Crippen LogP contribution is -2.47. The second-order valence-corrected chi connectivity index (χ2v) is 6.34. The predicted octanol–water partition coefficient (Wildman–Crippen LogP) is 2.30. The summed E-state index contributed by atoms with van der Waals surface area (Å²) in [6, 6.07) is 0. The van der Waals surface area contributed by atoms with E-state index in [1.54, 1.807) is 0 Å². The molecule has 0 atom stereocenters. The Morgan fingerprint density at radius 3 is 2.38 bits per heavy atom. The maximum atomic E-state index is 12.9. The van der Waals surface area contributed by atoms with Crippen molar-refractivity contribution in [3.05, 3.63) is 0 Å². The van der Waals surface area contributed by atoms with Gasteiger partial charge in [0.25, 0.3) is 0 Å². The second-order valence-electron chi connectivity index (χ2n) is 6.34. The first-order valence-electron chi connectivity index (χ1n) is 8.19. The van der Waals surface area contributed by atoms with Crippen molar-refractivity contribution < 1.29 is 19.4 Å². The normalized spacial score (nSPS) is 22.4. The van der Waals surface area contributed by atoms with Crippen LogP contribution in [-0.2, 0) is 14.3 Å². The quantitative estimate of drug-likeness (QED) is 0.764. The Balaban J connectivity index is 1.94. The highest BCUT2D eigenvalue weighted by Gasteiger charge is 2.44. The number of carbonyl (C=O) groups excluding carboxylic acids is 1. The number of nitrogens with zero attached hydrogens (tertiary/aromatic N) is 1. The zero-order valence-electron chi connectivity index (χ0n) is 13.0. The minimum absolute atomic E-state index is 0.239. The molecular weight excluding hydrogens is 270 g/mol. The van der Waals surface area contributed by atoms with E-state index < -0.39 is 5.97 Å². The highest BCUT2D eigenvalue weighted by atomic mass is 16.5. The summed E-state index contributed by atoms with van der Waals surface area (Å²) in [6.45, 7) is 4.49. The van der Waals surface area contributed by atoms with Crippen molar-refractivity contribution in [1.82, 2.24) is 4.90 Å². The molecule has 21 heavy (non-hydrogen) atoms. The molecule has 1 N–H and O–H groups in total. The first kappa shape index (κ1) is 16.3. The maximum Gasteiger partial charge on any atom is 0.306 e. The largest absolute Gasteiger partial charge is 0.481 e. The van der Waals surface area contributed by atoms with Crippen LogP contribution in [0, 0.1) is 11.3 Å². The average molecular weight is 297 g/mol. The van der Waals surface area contributed by atoms with Crippen LogP contribution in [0.1, 0.15) is 51.9 Å². The number of amides is 1. The van der Waals surface area contributed by atoms with Crippen molar-refractivity contribution in [1.29, 1.82) is 0 Å². The van der Waals surface area contributed by atoms with Crippen molar-refractivity contribution in [3.8, 4) is 0 Å². The van der Waals surface area contributed by atoms with Gasteiger partial charge >= 0.3 is 5.97 Å². The van der Waals surface area contributed by atoms with Gasteiger partial charge in [-0.1, -0.05) is 12.8 Å². The molecule has 0 unspecified atom stereocenters. The third kappa shape index (κ3) is 3.76. The van der Waals surface area contributed by atoms with Crippen LogP contribution >= 0.6 is 0 Å². The van der Waals surface area contributed by atoms with E-state index in [1.165, 1.54) is 0 Å². The zero-order valence-corrected chi connectivity index (χ0v) is 13.0. The summed E-state index contributed by atoms with van der Waals surface area (Å²) < 4.78 is 5.46. The van der Waals surface area contributed by atoms with Gasteiger partial charge in [-0.15, -0.1) is 0 Å². The smallest absolute Gasteiger partial charge is 0.306 e. The number of likely N-dealkylation sites (tertiary alicyclic amines) is 1. The molecule has 2 aliphatic rings. The minimum Gasteiger partial charge on any atom is -0.481 e. The highest BCUT2D eigenvalue weighted by Crippen LogP contribution is 2.43. The van der Waals surface area contributed by atoms with E-state index in [-0.39, 0.29) is 17.2 Å². The molecule has 0 spiro atoms. The Kier molecular flexibility index (Phi) is 5.62. The van der Waals surface area contributed by atoms with Crippen molar-refractivity contribution in [2.45, 2.75) is 51.9 Å². The molecule has 0 aromatic carbocycles. The molecular formula is C16H27NO4. The molecule has 2 fully saturated rings. The molecule has 0 aromatic rings. The van der Waals surface area contributed by atoms with E-state index in [2.05, 4.69) is 0 Å². The molecule has 5 heteroatoms. The minimum atomic E-state index is -0.728. The molecule has 2 rings (SSSR count).